The first-order valence-electron chi connectivity index (χ1n) is 3.77. The Morgan fingerprint density at radius 2 is 2.08 bits per heavy atom. The Hall–Kier alpha value is -1.42. The highest BCUT2D eigenvalue weighted by Crippen LogP contribution is 2.12. The van der Waals surface area contributed by atoms with Gasteiger partial charge in [-0.1, -0.05) is 30.4 Å². The predicted molar refractivity (Wildman–Crippen MR) is 56.6 cm³/mol. The van der Waals surface area contributed by atoms with Gasteiger partial charge in [0.25, 0.3) is 5.91 Å². The molecule has 1 rings (SSSR count). The van der Waals surface area contributed by atoms with E-state index in [2.05, 4.69) is 17.5 Å². The number of rotatable bonds is 1. The number of nitrogens with one attached hydrogen (secondary N) is 1. The van der Waals surface area contributed by atoms with Gasteiger partial charge in [-0.3, -0.25) is 4.79 Å². The van der Waals surface area contributed by atoms with Crippen molar-refractivity contribution in [2.45, 2.75) is 6.92 Å². The third-order valence-corrected chi connectivity index (χ3v) is 1.80. The number of nitrogens with two attached hydrogens (primary N) is 1. The molecule has 0 saturated heterocycles. The molecule has 4 heteroatoms. The Labute approximate surface area is 81.9 Å². The van der Waals surface area contributed by atoms with Crippen molar-refractivity contribution in [2.75, 3.05) is 5.32 Å². The number of carbonyl (C=O) groups excluding carboxylic acids is 1. The summed E-state index contributed by atoms with van der Waals surface area (Å²) >= 11 is 4.53. The highest BCUT2D eigenvalue weighted by atomic mass is 32.1. The summed E-state index contributed by atoms with van der Waals surface area (Å²) < 4.78 is 0. The summed E-state index contributed by atoms with van der Waals surface area (Å²) in [6.07, 6.45) is 0. The van der Waals surface area contributed by atoms with Gasteiger partial charge in [-0.2, -0.15) is 0 Å². The van der Waals surface area contributed by atoms with E-state index in [1.165, 1.54) is 0 Å². The summed E-state index contributed by atoms with van der Waals surface area (Å²) in [6.45, 7) is 1.90. The second kappa shape index (κ2) is 4.00. The fraction of sp³-hybridized carbons (Fsp3) is 0.111. The largest absolute Gasteiger partial charge is 0.385 e. The summed E-state index contributed by atoms with van der Waals surface area (Å²) in [6, 6.07) is 7.43. The second-order valence-corrected chi connectivity index (χ2v) is 3.07. The van der Waals surface area contributed by atoms with Gasteiger partial charge in [-0.15, -0.1) is 0 Å². The Morgan fingerprint density at radius 3 is 2.62 bits per heavy atom. The molecular weight excluding hydrogens is 184 g/mol. The normalized spacial score (nSPS) is 9.31. The molecule has 1 aromatic carbocycles. The quantitative estimate of drug-likeness (QED) is 0.661. The first-order chi connectivity index (χ1) is 6.11. The highest BCUT2D eigenvalue weighted by Gasteiger charge is 2.05. The van der Waals surface area contributed by atoms with Crippen molar-refractivity contribution in [1.82, 2.24) is 0 Å². The number of hydrogen-bond donors (Lipinski definition) is 2. The Bertz CT molecular complexity index is 349. The fourth-order valence-electron chi connectivity index (χ4n) is 0.897. The molecule has 0 saturated carbocycles. The molecule has 0 aliphatic carbocycles. The van der Waals surface area contributed by atoms with E-state index in [4.69, 9.17) is 5.73 Å². The zero-order valence-electron chi connectivity index (χ0n) is 7.20. The maximum Gasteiger partial charge on any atom is 0.282 e. The average molecular weight is 194 g/mol. The van der Waals surface area contributed by atoms with Crippen molar-refractivity contribution in [2.24, 2.45) is 5.73 Å². The lowest BCUT2D eigenvalue weighted by Gasteiger charge is -2.05. The van der Waals surface area contributed by atoms with E-state index < -0.39 is 5.91 Å². The van der Waals surface area contributed by atoms with Crippen LogP contribution in [0, 0.1) is 6.92 Å². The van der Waals surface area contributed by atoms with Crippen molar-refractivity contribution in [3.63, 3.8) is 0 Å². The smallest absolute Gasteiger partial charge is 0.282 e. The number of amides is 1. The van der Waals surface area contributed by atoms with Crippen LogP contribution >= 0.6 is 12.2 Å². The number of carbonyl (C=O) groups is 1. The third kappa shape index (κ3) is 2.52. The molecule has 13 heavy (non-hydrogen) atoms. The van der Waals surface area contributed by atoms with E-state index in [0.717, 1.165) is 11.3 Å². The van der Waals surface area contributed by atoms with E-state index >= 15 is 0 Å². The van der Waals surface area contributed by atoms with E-state index in [1.807, 2.05) is 25.1 Å². The number of hydrogen-bond acceptors (Lipinski definition) is 2. The van der Waals surface area contributed by atoms with Gasteiger partial charge in [0.15, 0.2) is 4.99 Å². The lowest BCUT2D eigenvalue weighted by atomic mass is 10.2. The molecule has 68 valence electrons. The van der Waals surface area contributed by atoms with Crippen molar-refractivity contribution in [3.8, 4) is 0 Å². The van der Waals surface area contributed by atoms with Crippen LogP contribution in [0.4, 0.5) is 5.69 Å². The molecule has 3 nitrogen and oxygen atoms in total. The Morgan fingerprint density at radius 1 is 1.46 bits per heavy atom. The second-order valence-electron chi connectivity index (χ2n) is 2.63. The van der Waals surface area contributed by atoms with Crippen LogP contribution in [0.3, 0.4) is 0 Å². The molecule has 0 aliphatic heterocycles. The van der Waals surface area contributed by atoms with Crippen LogP contribution in [-0.2, 0) is 4.79 Å². The van der Waals surface area contributed by atoms with Crippen LogP contribution in [0.1, 0.15) is 5.56 Å². The SMILES string of the molecule is Cc1ccccc1NC(=O)C(N)=S. The molecule has 0 atom stereocenters. The van der Waals surface area contributed by atoms with Gasteiger partial charge < -0.3 is 11.1 Å². The minimum atomic E-state index is -0.427. The molecular formula is C9H10N2OS. The molecule has 0 unspecified atom stereocenters. The Kier molecular flexibility index (Phi) is 2.97. The van der Waals surface area contributed by atoms with Gasteiger partial charge in [0.2, 0.25) is 0 Å². The fourth-order valence-corrected chi connectivity index (χ4v) is 0.948. The van der Waals surface area contributed by atoms with E-state index in [1.54, 1.807) is 6.07 Å². The number of aryl methyl sites for hydroxylation is 1. The van der Waals surface area contributed by atoms with Crippen molar-refractivity contribution < 1.29 is 4.79 Å². The van der Waals surface area contributed by atoms with Crippen LogP contribution in [0.5, 0.6) is 0 Å². The molecule has 0 heterocycles. The van der Waals surface area contributed by atoms with Crippen molar-refractivity contribution >= 4 is 28.8 Å². The molecule has 0 spiro atoms. The minimum absolute atomic E-state index is 0.150. The molecule has 0 radical (unpaired) electrons. The average Bonchev–Trinajstić information content (AvgIpc) is 2.08. The number of anilines is 1. The summed E-state index contributed by atoms with van der Waals surface area (Å²) in [5, 5.41) is 2.60. The van der Waals surface area contributed by atoms with E-state index in [0.29, 0.717) is 0 Å². The summed E-state index contributed by atoms with van der Waals surface area (Å²) in [4.78, 5) is 10.9. The molecule has 0 fully saturated rings. The predicted octanol–water partition coefficient (Wildman–Crippen LogP) is 1.22. The first-order valence-corrected chi connectivity index (χ1v) is 4.18. The minimum Gasteiger partial charge on any atom is -0.385 e. The van der Waals surface area contributed by atoms with E-state index in [9.17, 15) is 4.79 Å². The Balaban J connectivity index is 2.81. The number of para-hydroxylation sites is 1. The number of benzene rings is 1. The highest BCUT2D eigenvalue weighted by molar-refractivity contribution is 7.82. The van der Waals surface area contributed by atoms with Crippen LogP contribution in [-0.4, -0.2) is 10.9 Å². The molecule has 0 aliphatic rings. The van der Waals surface area contributed by atoms with E-state index in [-0.39, 0.29) is 4.99 Å². The van der Waals surface area contributed by atoms with Gasteiger partial charge in [0, 0.05) is 5.69 Å². The lowest BCUT2D eigenvalue weighted by Crippen LogP contribution is -2.28. The van der Waals surface area contributed by atoms with Gasteiger partial charge in [-0.05, 0) is 18.6 Å². The maximum atomic E-state index is 11.1. The van der Waals surface area contributed by atoms with Crippen molar-refractivity contribution in [1.29, 1.82) is 0 Å². The summed E-state index contributed by atoms with van der Waals surface area (Å²) in [5.74, 6) is -0.427. The molecule has 3 N–H and O–H groups in total. The van der Waals surface area contributed by atoms with Gasteiger partial charge >= 0.3 is 0 Å². The molecule has 0 aromatic heterocycles. The van der Waals surface area contributed by atoms with Crippen LogP contribution < -0.4 is 11.1 Å². The van der Waals surface area contributed by atoms with Crippen LogP contribution in [0.15, 0.2) is 24.3 Å². The van der Waals surface area contributed by atoms with Gasteiger partial charge in [0.1, 0.15) is 0 Å². The standard InChI is InChI=1S/C9H10N2OS/c1-6-4-2-3-5-7(6)11-9(12)8(10)13/h2-5H,1H3,(H2,10,13)(H,11,12). The molecule has 1 amide bonds. The number of thiocarbonyl (C=S) groups is 1. The van der Waals surface area contributed by atoms with Crippen molar-refractivity contribution in [3.05, 3.63) is 29.8 Å². The van der Waals surface area contributed by atoms with Crippen LogP contribution in [0.2, 0.25) is 0 Å². The first kappa shape index (κ1) is 9.67. The summed E-state index contributed by atoms with van der Waals surface area (Å²) in [7, 11) is 0. The maximum absolute atomic E-state index is 11.1. The van der Waals surface area contributed by atoms with Gasteiger partial charge in [-0.25, -0.2) is 0 Å². The zero-order valence-corrected chi connectivity index (χ0v) is 8.02. The zero-order chi connectivity index (χ0) is 9.84. The topological polar surface area (TPSA) is 55.1 Å². The monoisotopic (exact) mass is 194 g/mol. The third-order valence-electron chi connectivity index (χ3n) is 1.62. The van der Waals surface area contributed by atoms with Crippen LogP contribution in [0.25, 0.3) is 0 Å². The summed E-state index contributed by atoms with van der Waals surface area (Å²) in [5.41, 5.74) is 6.87. The molecule has 0 bridgehead atoms. The lowest BCUT2D eigenvalue weighted by molar-refractivity contribution is -0.110. The van der Waals surface area contributed by atoms with Gasteiger partial charge in [0.05, 0.1) is 0 Å². The molecule has 1 aromatic rings.